The summed E-state index contributed by atoms with van der Waals surface area (Å²) in [5.41, 5.74) is 0. The first-order valence-corrected chi connectivity index (χ1v) is 5.64. The molecule has 0 bridgehead atoms. The number of nitrogens with one attached hydrogen (secondary N) is 2. The molecule has 80 valence electrons. The third kappa shape index (κ3) is 11.8. The minimum Gasteiger partial charge on any atom is -0.395 e. The molecule has 0 radical (unpaired) electrons. The number of piperazine rings is 1. The molecule has 0 amide bonds. The fraction of sp³-hybridized carbons (Fsp3) is 1.00. The molecular weight excluding hydrogens is 196 g/mol. The van der Waals surface area contributed by atoms with Gasteiger partial charge in [-0.1, -0.05) is 0 Å². The van der Waals surface area contributed by atoms with Crippen molar-refractivity contribution >= 4 is 10.1 Å². The van der Waals surface area contributed by atoms with E-state index >= 15 is 0 Å². The van der Waals surface area contributed by atoms with Gasteiger partial charge in [0.1, 0.15) is 0 Å². The van der Waals surface area contributed by atoms with Crippen molar-refractivity contribution in [2.45, 2.75) is 0 Å². The van der Waals surface area contributed by atoms with Gasteiger partial charge in [0.2, 0.25) is 0 Å². The van der Waals surface area contributed by atoms with Crippen LogP contribution in [0.4, 0.5) is 0 Å². The molecule has 0 saturated carbocycles. The second-order valence-corrected chi connectivity index (χ2v) is 4.08. The fourth-order valence-corrected chi connectivity index (χ4v) is 0.950. The van der Waals surface area contributed by atoms with Crippen LogP contribution in [0.3, 0.4) is 0 Å². The maximum Gasteiger partial charge on any atom is 0.267 e. The monoisotopic (exact) mass is 212 g/mol. The molecule has 0 aromatic carbocycles. The van der Waals surface area contributed by atoms with Crippen LogP contribution in [0.1, 0.15) is 0 Å². The maximum atomic E-state index is 9.63. The normalized spacial score (nSPS) is 17.4. The lowest BCUT2D eigenvalue weighted by Gasteiger charge is -2.11. The molecule has 1 rings (SSSR count). The van der Waals surface area contributed by atoms with Crippen molar-refractivity contribution in [2.75, 3.05) is 38.5 Å². The van der Waals surface area contributed by atoms with Crippen LogP contribution in [-0.2, 0) is 10.1 Å². The summed E-state index contributed by atoms with van der Waals surface area (Å²) in [4.78, 5) is 0. The first kappa shape index (κ1) is 12.8. The van der Waals surface area contributed by atoms with E-state index in [9.17, 15) is 8.42 Å². The Kier molecular flexibility index (Phi) is 7.10. The van der Waals surface area contributed by atoms with Crippen molar-refractivity contribution in [1.82, 2.24) is 10.6 Å². The van der Waals surface area contributed by atoms with Gasteiger partial charge < -0.3 is 15.7 Å². The van der Waals surface area contributed by atoms with Gasteiger partial charge in [0.05, 0.1) is 12.4 Å². The minimum atomic E-state index is -3.92. The summed E-state index contributed by atoms with van der Waals surface area (Å²) in [5, 5.41) is 14.3. The summed E-state index contributed by atoms with van der Waals surface area (Å²) in [7, 11) is -3.92. The Morgan fingerprint density at radius 1 is 1.08 bits per heavy atom. The highest BCUT2D eigenvalue weighted by molar-refractivity contribution is 7.85. The summed E-state index contributed by atoms with van der Waals surface area (Å²) in [5.74, 6) is -0.576. The van der Waals surface area contributed by atoms with Crippen molar-refractivity contribution in [3.63, 3.8) is 0 Å². The van der Waals surface area contributed by atoms with Gasteiger partial charge >= 0.3 is 0 Å². The fourth-order valence-electron chi connectivity index (χ4n) is 0.719. The standard InChI is InChI=1S/C4H10N2.C2H6O4S/c1-2-6-4-3-5-1;3-1-2-7(4,5)6/h5-6H,1-4H2;3H,1-2H2,(H,4,5,6). The predicted octanol–water partition coefficient (Wildman–Crippen LogP) is -1.95. The zero-order valence-corrected chi connectivity index (χ0v) is 8.18. The van der Waals surface area contributed by atoms with Gasteiger partial charge in [-0.15, -0.1) is 0 Å². The Balaban J connectivity index is 0.000000223. The molecule has 4 N–H and O–H groups in total. The van der Waals surface area contributed by atoms with Crippen LogP contribution < -0.4 is 10.6 Å². The second-order valence-electron chi connectivity index (χ2n) is 2.51. The Labute approximate surface area is 78.1 Å². The number of rotatable bonds is 2. The lowest BCUT2D eigenvalue weighted by Crippen LogP contribution is -2.39. The van der Waals surface area contributed by atoms with Crippen LogP contribution in [0.15, 0.2) is 0 Å². The van der Waals surface area contributed by atoms with Gasteiger partial charge in [0.15, 0.2) is 0 Å². The molecule has 0 aromatic rings. The zero-order valence-electron chi connectivity index (χ0n) is 7.36. The average molecular weight is 212 g/mol. The van der Waals surface area contributed by atoms with E-state index in [0.717, 1.165) is 26.2 Å². The third-order valence-corrected chi connectivity index (χ3v) is 2.00. The molecule has 0 unspecified atom stereocenters. The molecule has 0 aliphatic carbocycles. The van der Waals surface area contributed by atoms with Crippen LogP contribution >= 0.6 is 0 Å². The topological polar surface area (TPSA) is 98.7 Å². The summed E-state index contributed by atoms with van der Waals surface area (Å²) in [6.07, 6.45) is 0. The molecule has 1 aliphatic heterocycles. The van der Waals surface area contributed by atoms with E-state index in [1.165, 1.54) is 0 Å². The highest BCUT2D eigenvalue weighted by Gasteiger charge is 1.99. The first-order valence-electron chi connectivity index (χ1n) is 4.04. The molecule has 1 saturated heterocycles. The summed E-state index contributed by atoms with van der Waals surface area (Å²) in [6.45, 7) is 4.03. The van der Waals surface area contributed by atoms with Crippen LogP contribution in [-0.4, -0.2) is 56.6 Å². The van der Waals surface area contributed by atoms with Crippen molar-refractivity contribution in [2.24, 2.45) is 0 Å². The van der Waals surface area contributed by atoms with Gasteiger partial charge in [-0.3, -0.25) is 4.55 Å². The van der Waals surface area contributed by atoms with Crippen LogP contribution in [0.25, 0.3) is 0 Å². The Morgan fingerprint density at radius 3 is 1.54 bits per heavy atom. The quantitative estimate of drug-likeness (QED) is 0.397. The van der Waals surface area contributed by atoms with Gasteiger partial charge in [-0.25, -0.2) is 0 Å². The zero-order chi connectivity index (χ0) is 10.2. The smallest absolute Gasteiger partial charge is 0.267 e. The van der Waals surface area contributed by atoms with Gasteiger partial charge in [0, 0.05) is 26.2 Å². The van der Waals surface area contributed by atoms with Crippen molar-refractivity contribution in [1.29, 1.82) is 0 Å². The number of hydrogen-bond acceptors (Lipinski definition) is 5. The molecule has 0 aromatic heterocycles. The van der Waals surface area contributed by atoms with Gasteiger partial charge in [0.25, 0.3) is 10.1 Å². The largest absolute Gasteiger partial charge is 0.395 e. The number of aliphatic hydroxyl groups excluding tert-OH is 1. The number of hydrogen-bond donors (Lipinski definition) is 4. The van der Waals surface area contributed by atoms with E-state index in [4.69, 9.17) is 9.66 Å². The molecule has 0 spiro atoms. The van der Waals surface area contributed by atoms with Crippen molar-refractivity contribution in [3.8, 4) is 0 Å². The van der Waals surface area contributed by atoms with E-state index in [1.54, 1.807) is 0 Å². The van der Waals surface area contributed by atoms with Crippen LogP contribution in [0.5, 0.6) is 0 Å². The molecular formula is C6H16N2O4S. The van der Waals surface area contributed by atoms with Crippen molar-refractivity contribution in [3.05, 3.63) is 0 Å². The van der Waals surface area contributed by atoms with Gasteiger partial charge in [-0.05, 0) is 0 Å². The van der Waals surface area contributed by atoms with E-state index in [0.29, 0.717) is 0 Å². The molecule has 1 heterocycles. The molecule has 0 atom stereocenters. The molecule has 6 nitrogen and oxygen atoms in total. The summed E-state index contributed by atoms with van der Waals surface area (Å²) >= 11 is 0. The first-order chi connectivity index (χ1) is 6.06. The lowest BCUT2D eigenvalue weighted by atomic mass is 10.4. The SMILES string of the molecule is C1CNCCN1.O=S(=O)(O)CCO. The Morgan fingerprint density at radius 2 is 1.46 bits per heavy atom. The predicted molar refractivity (Wildman–Crippen MR) is 49.2 cm³/mol. The Bertz CT molecular complexity index is 189. The minimum absolute atomic E-state index is 0.529. The van der Waals surface area contributed by atoms with E-state index in [2.05, 4.69) is 10.6 Å². The van der Waals surface area contributed by atoms with Crippen LogP contribution in [0.2, 0.25) is 0 Å². The lowest BCUT2D eigenvalue weighted by molar-refractivity contribution is 0.315. The highest BCUT2D eigenvalue weighted by atomic mass is 32.2. The molecule has 1 aliphatic rings. The average Bonchev–Trinajstić information content (AvgIpc) is 2.06. The van der Waals surface area contributed by atoms with Crippen LogP contribution in [0, 0.1) is 0 Å². The molecule has 7 heteroatoms. The van der Waals surface area contributed by atoms with E-state index < -0.39 is 22.5 Å². The summed E-state index contributed by atoms with van der Waals surface area (Å²) < 4.78 is 27.1. The van der Waals surface area contributed by atoms with Crippen molar-refractivity contribution < 1.29 is 18.1 Å². The third-order valence-electron chi connectivity index (χ3n) is 1.31. The maximum absolute atomic E-state index is 9.63. The number of aliphatic hydroxyl groups is 1. The second kappa shape index (κ2) is 7.22. The van der Waals surface area contributed by atoms with E-state index in [1.807, 2.05) is 0 Å². The Hall–Kier alpha value is -0.210. The summed E-state index contributed by atoms with van der Waals surface area (Å²) in [6, 6.07) is 0. The highest BCUT2D eigenvalue weighted by Crippen LogP contribution is 1.76. The van der Waals surface area contributed by atoms with Gasteiger partial charge in [-0.2, -0.15) is 8.42 Å². The van der Waals surface area contributed by atoms with E-state index in [-0.39, 0.29) is 0 Å². The molecule has 13 heavy (non-hydrogen) atoms. The molecule has 1 fully saturated rings.